The van der Waals surface area contributed by atoms with Gasteiger partial charge in [-0.25, -0.2) is 0 Å². The quantitative estimate of drug-likeness (QED) is 0.559. The Morgan fingerprint density at radius 1 is 0.842 bits per heavy atom. The molecule has 1 aromatic carbocycles. The normalized spacial score (nSPS) is 9.63. The van der Waals surface area contributed by atoms with Crippen molar-refractivity contribution in [2.45, 2.75) is 72.1 Å². The molecule has 1 rings (SSSR count). The molecule has 0 bridgehead atoms. The first-order chi connectivity index (χ1) is 9.24. The summed E-state index contributed by atoms with van der Waals surface area (Å²) >= 11 is 0. The zero-order valence-corrected chi connectivity index (χ0v) is 13.0. The van der Waals surface area contributed by atoms with Gasteiger partial charge in [-0.3, -0.25) is 4.79 Å². The van der Waals surface area contributed by atoms with Gasteiger partial charge in [-0.05, 0) is 18.4 Å². The molecule has 0 N–H and O–H groups in total. The van der Waals surface area contributed by atoms with Crippen LogP contribution in [0.15, 0.2) is 30.3 Å². The van der Waals surface area contributed by atoms with Gasteiger partial charge in [-0.2, -0.15) is 0 Å². The van der Waals surface area contributed by atoms with Gasteiger partial charge in [-0.1, -0.05) is 76.8 Å². The lowest BCUT2D eigenvalue weighted by Crippen LogP contribution is -1.88. The number of rotatable bonds is 8. The Labute approximate surface area is 119 Å². The summed E-state index contributed by atoms with van der Waals surface area (Å²) in [7, 11) is 0. The van der Waals surface area contributed by atoms with Crippen LogP contribution in [0.4, 0.5) is 0 Å². The van der Waals surface area contributed by atoms with E-state index < -0.39 is 0 Å². The minimum Gasteiger partial charge on any atom is -0.300 e. The molecule has 1 nitrogen and oxygen atoms in total. The average molecular weight is 262 g/mol. The molecule has 0 aliphatic carbocycles. The van der Waals surface area contributed by atoms with Gasteiger partial charge >= 0.3 is 0 Å². The third kappa shape index (κ3) is 11.7. The fourth-order valence-electron chi connectivity index (χ4n) is 1.83. The highest BCUT2D eigenvalue weighted by Gasteiger charge is 1.91. The van der Waals surface area contributed by atoms with Crippen LogP contribution >= 0.6 is 0 Å². The van der Waals surface area contributed by atoms with E-state index in [1.54, 1.807) is 0 Å². The molecule has 0 aliphatic heterocycles. The van der Waals surface area contributed by atoms with Crippen LogP contribution in [0.2, 0.25) is 0 Å². The summed E-state index contributed by atoms with van der Waals surface area (Å²) in [5.74, 6) is 0.343. The van der Waals surface area contributed by atoms with E-state index in [2.05, 4.69) is 37.3 Å². The van der Waals surface area contributed by atoms with Gasteiger partial charge in [0.1, 0.15) is 5.78 Å². The molecular weight excluding hydrogens is 232 g/mol. The van der Waals surface area contributed by atoms with Gasteiger partial charge in [0.25, 0.3) is 0 Å². The Morgan fingerprint density at radius 2 is 1.42 bits per heavy atom. The molecule has 19 heavy (non-hydrogen) atoms. The molecule has 0 radical (unpaired) electrons. The second kappa shape index (κ2) is 13.3. The Balaban J connectivity index is 0.000000459. The smallest absolute Gasteiger partial charge is 0.132 e. The van der Waals surface area contributed by atoms with Crippen molar-refractivity contribution in [1.29, 1.82) is 0 Å². The topological polar surface area (TPSA) is 17.1 Å². The first kappa shape index (κ1) is 17.9. The second-order valence-electron chi connectivity index (χ2n) is 4.90. The van der Waals surface area contributed by atoms with Gasteiger partial charge < -0.3 is 0 Å². The molecule has 0 aliphatic rings. The van der Waals surface area contributed by atoms with Crippen molar-refractivity contribution >= 4 is 5.78 Å². The number of ketones is 1. The summed E-state index contributed by atoms with van der Waals surface area (Å²) < 4.78 is 0. The summed E-state index contributed by atoms with van der Waals surface area (Å²) in [4.78, 5) is 10.2. The van der Waals surface area contributed by atoms with Gasteiger partial charge in [0.05, 0.1) is 0 Å². The monoisotopic (exact) mass is 262 g/mol. The molecule has 108 valence electrons. The van der Waals surface area contributed by atoms with Gasteiger partial charge in [0.2, 0.25) is 0 Å². The SMILES string of the molecule is CCC(=O)CC.CCCCCCCc1ccccc1. The van der Waals surface area contributed by atoms with E-state index in [1.165, 1.54) is 44.1 Å². The van der Waals surface area contributed by atoms with Gasteiger partial charge in [-0.15, -0.1) is 0 Å². The van der Waals surface area contributed by atoms with Crippen molar-refractivity contribution in [3.8, 4) is 0 Å². The molecule has 0 amide bonds. The maximum Gasteiger partial charge on any atom is 0.132 e. The second-order valence-corrected chi connectivity index (χ2v) is 4.90. The maximum atomic E-state index is 10.2. The summed E-state index contributed by atoms with van der Waals surface area (Å²) in [5, 5.41) is 0. The van der Waals surface area contributed by atoms with Crippen molar-refractivity contribution in [3.63, 3.8) is 0 Å². The zero-order valence-electron chi connectivity index (χ0n) is 13.0. The van der Waals surface area contributed by atoms with Gasteiger partial charge in [0, 0.05) is 12.8 Å². The molecule has 0 atom stereocenters. The van der Waals surface area contributed by atoms with Crippen molar-refractivity contribution in [2.24, 2.45) is 0 Å². The first-order valence-electron chi connectivity index (χ1n) is 7.80. The maximum absolute atomic E-state index is 10.2. The van der Waals surface area contributed by atoms with Crippen molar-refractivity contribution in [3.05, 3.63) is 35.9 Å². The zero-order chi connectivity index (χ0) is 14.3. The molecule has 0 heterocycles. The molecule has 0 saturated heterocycles. The summed E-state index contributed by atoms with van der Waals surface area (Å²) in [6.07, 6.45) is 9.52. The Bertz CT molecular complexity index is 297. The summed E-state index contributed by atoms with van der Waals surface area (Å²) in [6, 6.07) is 10.8. The Kier molecular flexibility index (Phi) is 12.5. The molecule has 0 spiro atoms. The number of hydrogen-bond donors (Lipinski definition) is 0. The minimum absolute atomic E-state index is 0.343. The average Bonchev–Trinajstić information content (AvgIpc) is 2.48. The highest BCUT2D eigenvalue weighted by molar-refractivity contribution is 5.77. The Morgan fingerprint density at radius 3 is 1.89 bits per heavy atom. The molecule has 0 aromatic heterocycles. The predicted molar refractivity (Wildman–Crippen MR) is 84.5 cm³/mol. The molecule has 0 saturated carbocycles. The molecular formula is C18H30O. The van der Waals surface area contributed by atoms with Crippen LogP contribution in [-0.4, -0.2) is 5.78 Å². The van der Waals surface area contributed by atoms with Crippen LogP contribution in [-0.2, 0) is 11.2 Å². The van der Waals surface area contributed by atoms with Crippen LogP contribution in [0.3, 0.4) is 0 Å². The first-order valence-corrected chi connectivity index (χ1v) is 7.80. The highest BCUT2D eigenvalue weighted by Crippen LogP contribution is 2.08. The van der Waals surface area contributed by atoms with Gasteiger partial charge in [0.15, 0.2) is 0 Å². The fraction of sp³-hybridized carbons (Fsp3) is 0.611. The van der Waals surface area contributed by atoms with E-state index in [9.17, 15) is 4.79 Å². The van der Waals surface area contributed by atoms with E-state index in [1.807, 2.05) is 13.8 Å². The lowest BCUT2D eigenvalue weighted by Gasteiger charge is -2.00. The van der Waals surface area contributed by atoms with Crippen LogP contribution < -0.4 is 0 Å². The fourth-order valence-corrected chi connectivity index (χ4v) is 1.83. The predicted octanol–water partition coefficient (Wildman–Crippen LogP) is 5.58. The highest BCUT2D eigenvalue weighted by atomic mass is 16.1. The minimum atomic E-state index is 0.343. The number of Topliss-reactive ketones (excluding diaryl/α,β-unsaturated/α-hetero) is 1. The number of aryl methyl sites for hydroxylation is 1. The lowest BCUT2D eigenvalue weighted by molar-refractivity contribution is -0.118. The van der Waals surface area contributed by atoms with Crippen LogP contribution in [0, 0.1) is 0 Å². The summed E-state index contributed by atoms with van der Waals surface area (Å²) in [6.45, 7) is 6.02. The number of carbonyl (C=O) groups excluding carboxylic acids is 1. The Hall–Kier alpha value is -1.11. The number of carbonyl (C=O) groups is 1. The number of hydrogen-bond acceptors (Lipinski definition) is 1. The van der Waals surface area contributed by atoms with Crippen LogP contribution in [0.25, 0.3) is 0 Å². The molecule has 1 aromatic rings. The number of benzene rings is 1. The van der Waals surface area contributed by atoms with E-state index in [0.29, 0.717) is 18.6 Å². The molecule has 0 unspecified atom stereocenters. The third-order valence-corrected chi connectivity index (χ3v) is 3.20. The molecule has 1 heteroatoms. The van der Waals surface area contributed by atoms with E-state index in [4.69, 9.17) is 0 Å². The number of unbranched alkanes of at least 4 members (excludes halogenated alkanes) is 4. The van der Waals surface area contributed by atoms with Crippen LogP contribution in [0.1, 0.15) is 71.3 Å². The van der Waals surface area contributed by atoms with Crippen molar-refractivity contribution < 1.29 is 4.79 Å². The third-order valence-electron chi connectivity index (χ3n) is 3.20. The molecule has 0 fully saturated rings. The van der Waals surface area contributed by atoms with E-state index in [0.717, 1.165) is 0 Å². The van der Waals surface area contributed by atoms with E-state index >= 15 is 0 Å². The van der Waals surface area contributed by atoms with E-state index in [-0.39, 0.29) is 0 Å². The van der Waals surface area contributed by atoms with Crippen LogP contribution in [0.5, 0.6) is 0 Å². The lowest BCUT2D eigenvalue weighted by atomic mass is 10.1. The van der Waals surface area contributed by atoms with Crippen molar-refractivity contribution in [2.75, 3.05) is 0 Å². The standard InChI is InChI=1S/C13H20.C5H10O/c1-2-3-4-5-7-10-13-11-8-6-9-12-13;1-3-5(6)4-2/h6,8-9,11-12H,2-5,7,10H2,1H3;3-4H2,1-2H3. The largest absolute Gasteiger partial charge is 0.300 e. The summed E-state index contributed by atoms with van der Waals surface area (Å²) in [5.41, 5.74) is 1.49. The van der Waals surface area contributed by atoms with Crippen molar-refractivity contribution in [1.82, 2.24) is 0 Å².